The molecule has 1 saturated carbocycles. The third kappa shape index (κ3) is 4.36. The van der Waals surface area contributed by atoms with Crippen LogP contribution in [-0.4, -0.2) is 27.4 Å². The number of hydrogen-bond donors (Lipinski definition) is 2. The lowest BCUT2D eigenvalue weighted by molar-refractivity contribution is -0.116. The summed E-state index contributed by atoms with van der Waals surface area (Å²) in [4.78, 5) is 41.0. The fourth-order valence-electron chi connectivity index (χ4n) is 3.13. The van der Waals surface area contributed by atoms with Crippen molar-refractivity contribution in [2.45, 2.75) is 45.2 Å². The molecule has 3 rings (SSSR count). The molecule has 2 amide bonds. The maximum absolute atomic E-state index is 12.5. The lowest BCUT2D eigenvalue weighted by Gasteiger charge is -2.12. The van der Waals surface area contributed by atoms with Gasteiger partial charge in [-0.15, -0.1) is 0 Å². The Morgan fingerprint density at radius 1 is 1.27 bits per heavy atom. The third-order valence-electron chi connectivity index (χ3n) is 4.45. The van der Waals surface area contributed by atoms with Crippen molar-refractivity contribution in [1.29, 1.82) is 0 Å². The number of carbonyl (C=O) groups is 2. The maximum atomic E-state index is 12.5. The molecule has 2 N–H and O–H groups in total. The van der Waals surface area contributed by atoms with Gasteiger partial charge >= 0.3 is 0 Å². The average molecular weight is 354 g/mol. The van der Waals surface area contributed by atoms with Crippen molar-refractivity contribution in [3.05, 3.63) is 58.3 Å². The summed E-state index contributed by atoms with van der Waals surface area (Å²) in [5, 5.41) is 5.61. The van der Waals surface area contributed by atoms with E-state index in [1.165, 1.54) is 12.5 Å². The summed E-state index contributed by atoms with van der Waals surface area (Å²) >= 11 is 0. The largest absolute Gasteiger partial charge is 0.349 e. The van der Waals surface area contributed by atoms with Crippen molar-refractivity contribution in [3.63, 3.8) is 0 Å². The molecule has 0 spiro atoms. The number of aryl methyl sites for hydroxylation is 1. The first-order valence-electron chi connectivity index (χ1n) is 8.75. The van der Waals surface area contributed by atoms with E-state index in [9.17, 15) is 14.4 Å². The molecule has 136 valence electrons. The second-order valence-electron chi connectivity index (χ2n) is 6.61. The molecule has 0 bridgehead atoms. The third-order valence-corrected chi connectivity index (χ3v) is 4.45. The van der Waals surface area contributed by atoms with Crippen LogP contribution in [-0.2, 0) is 11.3 Å². The standard InChI is InChI=1S/C19H22N4O3/c1-13-5-4-8-15(9-13)21-17(24)11-23-12-20-10-16(19(23)26)18(25)22-14-6-2-3-7-14/h4-5,8-10,12,14H,2-3,6-7,11H2,1H3,(H,21,24)(H,22,25). The minimum absolute atomic E-state index is 0.0391. The fourth-order valence-corrected chi connectivity index (χ4v) is 3.13. The molecule has 2 aromatic rings. The smallest absolute Gasteiger partial charge is 0.266 e. The van der Waals surface area contributed by atoms with E-state index >= 15 is 0 Å². The van der Waals surface area contributed by atoms with Gasteiger partial charge in [-0.3, -0.25) is 19.0 Å². The Balaban J connectivity index is 1.69. The second kappa shape index (κ2) is 7.95. The van der Waals surface area contributed by atoms with Gasteiger partial charge in [-0.25, -0.2) is 4.98 Å². The van der Waals surface area contributed by atoms with Crippen LogP contribution in [0, 0.1) is 6.92 Å². The summed E-state index contributed by atoms with van der Waals surface area (Å²) in [6.07, 6.45) is 6.55. The number of benzene rings is 1. The summed E-state index contributed by atoms with van der Waals surface area (Å²) in [6, 6.07) is 7.49. The predicted molar refractivity (Wildman–Crippen MR) is 98.0 cm³/mol. The van der Waals surface area contributed by atoms with Crippen LogP contribution >= 0.6 is 0 Å². The molecule has 1 aromatic heterocycles. The lowest BCUT2D eigenvalue weighted by Crippen LogP contribution is -2.38. The number of amides is 2. The Hall–Kier alpha value is -2.96. The van der Waals surface area contributed by atoms with Crippen LogP contribution in [0.4, 0.5) is 5.69 Å². The molecule has 7 heteroatoms. The Bertz CT molecular complexity index is 869. The summed E-state index contributed by atoms with van der Waals surface area (Å²) in [5.41, 5.74) is 1.12. The zero-order valence-electron chi connectivity index (χ0n) is 14.7. The van der Waals surface area contributed by atoms with Crippen LogP contribution in [0.25, 0.3) is 0 Å². The Morgan fingerprint density at radius 2 is 2.04 bits per heavy atom. The molecule has 1 aliphatic rings. The van der Waals surface area contributed by atoms with Crippen LogP contribution in [0.3, 0.4) is 0 Å². The van der Waals surface area contributed by atoms with Crippen LogP contribution in [0.2, 0.25) is 0 Å². The molecule has 0 unspecified atom stereocenters. The maximum Gasteiger partial charge on any atom is 0.266 e. The van der Waals surface area contributed by atoms with Gasteiger partial charge < -0.3 is 10.6 Å². The van der Waals surface area contributed by atoms with Crippen LogP contribution in [0.15, 0.2) is 41.6 Å². The average Bonchev–Trinajstić information content (AvgIpc) is 3.09. The number of aromatic nitrogens is 2. The number of rotatable bonds is 5. The van der Waals surface area contributed by atoms with Gasteiger partial charge in [0.05, 0.1) is 6.33 Å². The lowest BCUT2D eigenvalue weighted by atomic mass is 10.2. The molecule has 26 heavy (non-hydrogen) atoms. The Morgan fingerprint density at radius 3 is 2.77 bits per heavy atom. The van der Waals surface area contributed by atoms with Crippen molar-refractivity contribution < 1.29 is 9.59 Å². The second-order valence-corrected chi connectivity index (χ2v) is 6.61. The van der Waals surface area contributed by atoms with Gasteiger partial charge in [0, 0.05) is 17.9 Å². The molecule has 1 aliphatic carbocycles. The first kappa shape index (κ1) is 17.8. The van der Waals surface area contributed by atoms with Gasteiger partial charge in [0.2, 0.25) is 5.91 Å². The number of carbonyl (C=O) groups excluding carboxylic acids is 2. The Kier molecular flexibility index (Phi) is 5.46. The summed E-state index contributed by atoms with van der Waals surface area (Å²) in [6.45, 7) is 1.72. The fraction of sp³-hybridized carbons (Fsp3) is 0.368. The molecule has 1 heterocycles. The van der Waals surface area contributed by atoms with E-state index < -0.39 is 11.5 Å². The minimum Gasteiger partial charge on any atom is -0.349 e. The van der Waals surface area contributed by atoms with Gasteiger partial charge in [0.25, 0.3) is 11.5 Å². The van der Waals surface area contributed by atoms with E-state index in [0.717, 1.165) is 35.8 Å². The van der Waals surface area contributed by atoms with Gasteiger partial charge in [-0.2, -0.15) is 0 Å². The van der Waals surface area contributed by atoms with Gasteiger partial charge in [-0.05, 0) is 37.5 Å². The van der Waals surface area contributed by atoms with E-state index in [0.29, 0.717) is 5.69 Å². The zero-order chi connectivity index (χ0) is 18.5. The normalized spacial score (nSPS) is 14.2. The van der Waals surface area contributed by atoms with Crippen molar-refractivity contribution in [2.75, 3.05) is 5.32 Å². The molecule has 0 atom stereocenters. The highest BCUT2D eigenvalue weighted by Crippen LogP contribution is 2.17. The highest BCUT2D eigenvalue weighted by atomic mass is 16.2. The number of nitrogens with one attached hydrogen (secondary N) is 2. The number of anilines is 1. The van der Waals surface area contributed by atoms with E-state index in [-0.39, 0.29) is 24.1 Å². The first-order chi connectivity index (χ1) is 12.5. The summed E-state index contributed by atoms with van der Waals surface area (Å²) in [7, 11) is 0. The zero-order valence-corrected chi connectivity index (χ0v) is 14.7. The van der Waals surface area contributed by atoms with Crippen LogP contribution in [0.5, 0.6) is 0 Å². The van der Waals surface area contributed by atoms with Crippen molar-refractivity contribution in [1.82, 2.24) is 14.9 Å². The van der Waals surface area contributed by atoms with Crippen molar-refractivity contribution >= 4 is 17.5 Å². The molecular formula is C19H22N4O3. The summed E-state index contributed by atoms with van der Waals surface area (Å²) < 4.78 is 1.15. The van der Waals surface area contributed by atoms with Crippen molar-refractivity contribution in [3.8, 4) is 0 Å². The minimum atomic E-state index is -0.519. The molecule has 0 aliphatic heterocycles. The van der Waals surface area contributed by atoms with E-state index in [2.05, 4.69) is 15.6 Å². The number of hydrogen-bond acceptors (Lipinski definition) is 4. The summed E-state index contributed by atoms with van der Waals surface area (Å²) in [5.74, 6) is -0.782. The van der Waals surface area contributed by atoms with Gasteiger partial charge in [0.1, 0.15) is 12.1 Å². The Labute approximate surface area is 151 Å². The molecule has 0 saturated heterocycles. The van der Waals surface area contributed by atoms with E-state index in [1.54, 1.807) is 6.07 Å². The van der Waals surface area contributed by atoms with Crippen LogP contribution < -0.4 is 16.2 Å². The SMILES string of the molecule is Cc1cccc(NC(=O)Cn2cncc(C(=O)NC3CCCC3)c2=O)c1. The molecule has 1 aromatic carbocycles. The highest BCUT2D eigenvalue weighted by molar-refractivity contribution is 5.94. The molecule has 1 fully saturated rings. The highest BCUT2D eigenvalue weighted by Gasteiger charge is 2.20. The van der Waals surface area contributed by atoms with Gasteiger partial charge in [-0.1, -0.05) is 25.0 Å². The topological polar surface area (TPSA) is 93.1 Å². The van der Waals surface area contributed by atoms with Crippen LogP contribution in [0.1, 0.15) is 41.6 Å². The van der Waals surface area contributed by atoms with E-state index in [1.807, 2.05) is 25.1 Å². The first-order valence-corrected chi connectivity index (χ1v) is 8.75. The molecule has 0 radical (unpaired) electrons. The molecule has 7 nitrogen and oxygen atoms in total. The number of nitrogens with zero attached hydrogens (tertiary/aromatic N) is 2. The monoisotopic (exact) mass is 354 g/mol. The van der Waals surface area contributed by atoms with Crippen molar-refractivity contribution in [2.24, 2.45) is 0 Å². The quantitative estimate of drug-likeness (QED) is 0.857. The predicted octanol–water partition coefficient (Wildman–Crippen LogP) is 1.86. The molecular weight excluding hydrogens is 332 g/mol. The van der Waals surface area contributed by atoms with Gasteiger partial charge in [0.15, 0.2) is 0 Å². The van der Waals surface area contributed by atoms with E-state index in [4.69, 9.17) is 0 Å².